The lowest BCUT2D eigenvalue weighted by atomic mass is 9.91. The van der Waals surface area contributed by atoms with Crippen molar-refractivity contribution in [2.75, 3.05) is 26.2 Å². The number of aliphatic hydroxyl groups excluding tert-OH is 1. The van der Waals surface area contributed by atoms with Gasteiger partial charge < -0.3 is 20.1 Å². The Labute approximate surface area is 122 Å². The van der Waals surface area contributed by atoms with E-state index in [9.17, 15) is 9.90 Å². The smallest absolute Gasteiger partial charge is 0.220 e. The zero-order chi connectivity index (χ0) is 15.3. The molecule has 1 aliphatic rings. The Balaban J connectivity index is 2.45. The molecule has 2 N–H and O–H groups in total. The zero-order valence-corrected chi connectivity index (χ0v) is 13.5. The van der Waals surface area contributed by atoms with E-state index in [2.05, 4.69) is 24.1 Å². The SMILES string of the molecule is CCN(CC)C[C@@H]1OCC(NC(=O)CC(C)(C)C)[C@H]1O. The molecule has 1 rings (SSSR count). The highest BCUT2D eigenvalue weighted by atomic mass is 16.5. The van der Waals surface area contributed by atoms with Crippen molar-refractivity contribution in [3.05, 3.63) is 0 Å². The van der Waals surface area contributed by atoms with Crippen molar-refractivity contribution in [2.24, 2.45) is 5.41 Å². The lowest BCUT2D eigenvalue weighted by Gasteiger charge is -2.25. The number of rotatable bonds is 6. The Morgan fingerprint density at radius 1 is 1.35 bits per heavy atom. The van der Waals surface area contributed by atoms with Crippen molar-refractivity contribution in [3.8, 4) is 0 Å². The van der Waals surface area contributed by atoms with Crippen LogP contribution in [0.4, 0.5) is 0 Å². The molecule has 0 radical (unpaired) electrons. The third-order valence-electron chi connectivity index (χ3n) is 3.65. The quantitative estimate of drug-likeness (QED) is 0.765. The molecule has 0 aliphatic carbocycles. The number of hydrogen-bond acceptors (Lipinski definition) is 4. The molecule has 5 heteroatoms. The third-order valence-corrected chi connectivity index (χ3v) is 3.65. The maximum absolute atomic E-state index is 11.9. The molecule has 1 unspecified atom stereocenters. The molecule has 5 nitrogen and oxygen atoms in total. The largest absolute Gasteiger partial charge is 0.388 e. The number of carbonyl (C=O) groups is 1. The van der Waals surface area contributed by atoms with Gasteiger partial charge in [0.25, 0.3) is 0 Å². The summed E-state index contributed by atoms with van der Waals surface area (Å²) >= 11 is 0. The van der Waals surface area contributed by atoms with Crippen LogP contribution < -0.4 is 5.32 Å². The maximum Gasteiger partial charge on any atom is 0.220 e. The molecule has 0 saturated carbocycles. The van der Waals surface area contributed by atoms with Crippen LogP contribution in [0.3, 0.4) is 0 Å². The van der Waals surface area contributed by atoms with Crippen LogP contribution in [0, 0.1) is 5.41 Å². The summed E-state index contributed by atoms with van der Waals surface area (Å²) in [5.41, 5.74) is -0.0465. The Morgan fingerprint density at radius 3 is 2.45 bits per heavy atom. The normalized spacial score (nSPS) is 27.1. The average Bonchev–Trinajstić information content (AvgIpc) is 2.65. The Kier molecular flexibility index (Phi) is 6.43. The molecule has 1 heterocycles. The minimum absolute atomic E-state index is 0.0198. The average molecular weight is 286 g/mol. The number of carbonyl (C=O) groups excluding carboxylic acids is 1. The van der Waals surface area contributed by atoms with Gasteiger partial charge in [-0.3, -0.25) is 4.79 Å². The van der Waals surface area contributed by atoms with Gasteiger partial charge in [-0.1, -0.05) is 34.6 Å². The first kappa shape index (κ1) is 17.4. The second kappa shape index (κ2) is 7.38. The first-order valence-corrected chi connectivity index (χ1v) is 7.58. The number of amides is 1. The molecule has 0 aromatic carbocycles. The van der Waals surface area contributed by atoms with Crippen LogP contribution in [-0.2, 0) is 9.53 Å². The fourth-order valence-corrected chi connectivity index (χ4v) is 2.45. The fourth-order valence-electron chi connectivity index (χ4n) is 2.45. The van der Waals surface area contributed by atoms with Crippen LogP contribution in [-0.4, -0.2) is 60.4 Å². The summed E-state index contributed by atoms with van der Waals surface area (Å²) < 4.78 is 5.64. The first-order chi connectivity index (χ1) is 9.26. The van der Waals surface area contributed by atoms with Gasteiger partial charge in [0.15, 0.2) is 0 Å². The van der Waals surface area contributed by atoms with E-state index in [0.29, 0.717) is 19.6 Å². The number of aliphatic hydroxyl groups is 1. The molecule has 0 spiro atoms. The summed E-state index contributed by atoms with van der Waals surface area (Å²) in [5.74, 6) is -0.0198. The lowest BCUT2D eigenvalue weighted by Crippen LogP contribution is -2.47. The van der Waals surface area contributed by atoms with Crippen LogP contribution in [0.15, 0.2) is 0 Å². The van der Waals surface area contributed by atoms with Crippen molar-refractivity contribution in [2.45, 2.75) is 59.3 Å². The lowest BCUT2D eigenvalue weighted by molar-refractivity contribution is -0.124. The van der Waals surface area contributed by atoms with Crippen molar-refractivity contribution >= 4 is 5.91 Å². The molecule has 0 bridgehead atoms. The van der Waals surface area contributed by atoms with E-state index in [4.69, 9.17) is 4.74 Å². The van der Waals surface area contributed by atoms with Crippen LogP contribution in [0.25, 0.3) is 0 Å². The second-order valence-corrected chi connectivity index (χ2v) is 6.76. The highest BCUT2D eigenvalue weighted by Gasteiger charge is 2.37. The molecular weight excluding hydrogens is 256 g/mol. The number of ether oxygens (including phenoxy) is 1. The van der Waals surface area contributed by atoms with Crippen molar-refractivity contribution in [3.63, 3.8) is 0 Å². The van der Waals surface area contributed by atoms with Crippen LogP contribution in [0.2, 0.25) is 0 Å². The predicted octanol–water partition coefficient (Wildman–Crippen LogP) is 1.01. The summed E-state index contributed by atoms with van der Waals surface area (Å²) in [7, 11) is 0. The fraction of sp³-hybridized carbons (Fsp3) is 0.933. The highest BCUT2D eigenvalue weighted by Crippen LogP contribution is 2.20. The Bertz CT molecular complexity index is 311. The second-order valence-electron chi connectivity index (χ2n) is 6.76. The monoisotopic (exact) mass is 286 g/mol. The molecule has 3 atom stereocenters. The number of nitrogens with one attached hydrogen (secondary N) is 1. The molecule has 0 aromatic heterocycles. The van der Waals surface area contributed by atoms with Gasteiger partial charge in [0, 0.05) is 13.0 Å². The van der Waals surface area contributed by atoms with Crippen LogP contribution in [0.1, 0.15) is 41.0 Å². The van der Waals surface area contributed by atoms with Crippen molar-refractivity contribution in [1.29, 1.82) is 0 Å². The number of likely N-dealkylation sites (N-methyl/N-ethyl adjacent to an activating group) is 1. The minimum Gasteiger partial charge on any atom is -0.388 e. The van der Waals surface area contributed by atoms with Gasteiger partial charge in [-0.25, -0.2) is 0 Å². The molecule has 0 aromatic rings. The minimum atomic E-state index is -0.625. The van der Waals surface area contributed by atoms with E-state index in [1.54, 1.807) is 0 Å². The van der Waals surface area contributed by atoms with E-state index in [1.807, 2.05) is 20.8 Å². The summed E-state index contributed by atoms with van der Waals surface area (Å²) in [4.78, 5) is 14.1. The molecule has 118 valence electrons. The Morgan fingerprint density at radius 2 is 1.95 bits per heavy atom. The van der Waals surface area contributed by atoms with Gasteiger partial charge >= 0.3 is 0 Å². The van der Waals surface area contributed by atoms with E-state index in [1.165, 1.54) is 0 Å². The maximum atomic E-state index is 11.9. The third kappa shape index (κ3) is 5.38. The van der Waals surface area contributed by atoms with Crippen LogP contribution in [0.5, 0.6) is 0 Å². The summed E-state index contributed by atoms with van der Waals surface area (Å²) in [6.45, 7) is 13.2. The van der Waals surface area contributed by atoms with Gasteiger partial charge in [0.1, 0.15) is 6.10 Å². The molecular formula is C15H30N2O3. The van der Waals surface area contributed by atoms with Gasteiger partial charge in [-0.15, -0.1) is 0 Å². The number of hydrogen-bond donors (Lipinski definition) is 2. The number of nitrogens with zero attached hydrogens (tertiary/aromatic N) is 1. The molecule has 1 amide bonds. The summed E-state index contributed by atoms with van der Waals surface area (Å²) in [6.07, 6.45) is -0.383. The first-order valence-electron chi connectivity index (χ1n) is 7.58. The van der Waals surface area contributed by atoms with E-state index < -0.39 is 6.10 Å². The van der Waals surface area contributed by atoms with Crippen molar-refractivity contribution < 1.29 is 14.6 Å². The Hall–Kier alpha value is -0.650. The summed E-state index contributed by atoms with van der Waals surface area (Å²) in [6, 6.07) is -0.287. The highest BCUT2D eigenvalue weighted by molar-refractivity contribution is 5.77. The molecule has 1 fully saturated rings. The van der Waals surface area contributed by atoms with Gasteiger partial charge in [-0.2, -0.15) is 0 Å². The standard InChI is InChI=1S/C15H30N2O3/c1-6-17(7-2)9-12-14(19)11(10-20-12)16-13(18)8-15(3,4)5/h11-12,14,19H,6-10H2,1-5H3,(H,16,18)/t11?,12-,14+/m0/s1. The molecule has 20 heavy (non-hydrogen) atoms. The summed E-state index contributed by atoms with van der Waals surface area (Å²) in [5, 5.41) is 13.2. The van der Waals surface area contributed by atoms with E-state index in [-0.39, 0.29) is 23.5 Å². The molecule has 1 saturated heterocycles. The van der Waals surface area contributed by atoms with Gasteiger partial charge in [0.05, 0.1) is 18.8 Å². The van der Waals surface area contributed by atoms with Crippen LogP contribution >= 0.6 is 0 Å². The van der Waals surface area contributed by atoms with Crippen molar-refractivity contribution in [1.82, 2.24) is 10.2 Å². The van der Waals surface area contributed by atoms with Gasteiger partial charge in [0.2, 0.25) is 5.91 Å². The zero-order valence-electron chi connectivity index (χ0n) is 13.5. The van der Waals surface area contributed by atoms with E-state index >= 15 is 0 Å². The van der Waals surface area contributed by atoms with E-state index in [0.717, 1.165) is 13.1 Å². The predicted molar refractivity (Wildman–Crippen MR) is 79.5 cm³/mol. The topological polar surface area (TPSA) is 61.8 Å². The van der Waals surface area contributed by atoms with Gasteiger partial charge in [-0.05, 0) is 18.5 Å². The molecule has 1 aliphatic heterocycles.